The molecule has 0 amide bonds. The van der Waals surface area contributed by atoms with Crippen molar-refractivity contribution in [3.63, 3.8) is 0 Å². The summed E-state index contributed by atoms with van der Waals surface area (Å²) in [5.41, 5.74) is 2.72. The van der Waals surface area contributed by atoms with Gasteiger partial charge in [0.05, 0.1) is 0 Å². The monoisotopic (exact) mass is 227 g/mol. The third-order valence-corrected chi connectivity index (χ3v) is 4.07. The molecule has 1 aromatic heterocycles. The average molecular weight is 227 g/mol. The first-order chi connectivity index (χ1) is 8.42. The predicted octanol–water partition coefficient (Wildman–Crippen LogP) is 4.68. The fourth-order valence-electron chi connectivity index (χ4n) is 3.12. The SMILES string of the molecule is c1ccc2[nH]c(CC3CCCCCC3)cc2c1. The zero-order valence-corrected chi connectivity index (χ0v) is 10.4. The maximum absolute atomic E-state index is 3.56. The van der Waals surface area contributed by atoms with Gasteiger partial charge in [-0.05, 0) is 29.9 Å². The maximum Gasteiger partial charge on any atom is 0.0456 e. The highest BCUT2D eigenvalue weighted by atomic mass is 14.7. The molecule has 0 atom stereocenters. The molecule has 1 fully saturated rings. The van der Waals surface area contributed by atoms with E-state index in [1.807, 2.05) is 0 Å². The molecule has 2 aromatic rings. The number of H-pyrrole nitrogens is 1. The molecule has 0 bridgehead atoms. The minimum absolute atomic E-state index is 0.908. The van der Waals surface area contributed by atoms with Gasteiger partial charge in [0.2, 0.25) is 0 Å². The second-order valence-electron chi connectivity index (χ2n) is 5.44. The lowest BCUT2D eigenvalue weighted by atomic mass is 9.95. The Morgan fingerprint density at radius 1 is 1.00 bits per heavy atom. The lowest BCUT2D eigenvalue weighted by molar-refractivity contribution is 0.454. The first-order valence-corrected chi connectivity index (χ1v) is 6.98. The van der Waals surface area contributed by atoms with E-state index in [1.165, 1.54) is 61.5 Å². The molecule has 0 radical (unpaired) electrons. The van der Waals surface area contributed by atoms with Crippen molar-refractivity contribution in [2.24, 2.45) is 5.92 Å². The maximum atomic E-state index is 3.56. The molecule has 3 rings (SSSR count). The first kappa shape index (κ1) is 10.9. The van der Waals surface area contributed by atoms with E-state index in [0.717, 1.165) is 5.92 Å². The van der Waals surface area contributed by atoms with E-state index in [-0.39, 0.29) is 0 Å². The molecule has 1 aliphatic carbocycles. The standard InChI is InChI=1S/C16H21N/c1-2-4-8-13(7-3-1)11-15-12-14-9-5-6-10-16(14)17-15/h5-6,9-10,12-13,17H,1-4,7-8,11H2. The van der Waals surface area contributed by atoms with Gasteiger partial charge < -0.3 is 4.98 Å². The molecule has 0 aliphatic heterocycles. The Labute approximate surface area is 103 Å². The molecule has 0 unspecified atom stereocenters. The van der Waals surface area contributed by atoms with Gasteiger partial charge in [-0.15, -0.1) is 0 Å². The van der Waals surface area contributed by atoms with Crippen LogP contribution in [0.15, 0.2) is 30.3 Å². The normalized spacial score (nSPS) is 18.4. The third-order valence-electron chi connectivity index (χ3n) is 4.07. The van der Waals surface area contributed by atoms with E-state index in [9.17, 15) is 0 Å². The number of hydrogen-bond acceptors (Lipinski definition) is 0. The minimum Gasteiger partial charge on any atom is -0.358 e. The van der Waals surface area contributed by atoms with Crippen LogP contribution in [0.3, 0.4) is 0 Å². The number of para-hydroxylation sites is 1. The van der Waals surface area contributed by atoms with Gasteiger partial charge in [-0.2, -0.15) is 0 Å². The fraction of sp³-hybridized carbons (Fsp3) is 0.500. The molecule has 1 nitrogen and oxygen atoms in total. The van der Waals surface area contributed by atoms with Crippen molar-refractivity contribution in [1.82, 2.24) is 4.98 Å². The van der Waals surface area contributed by atoms with Gasteiger partial charge in [-0.1, -0.05) is 56.7 Å². The highest BCUT2D eigenvalue weighted by Crippen LogP contribution is 2.26. The summed E-state index contributed by atoms with van der Waals surface area (Å²) in [5, 5.41) is 1.36. The highest BCUT2D eigenvalue weighted by molar-refractivity contribution is 5.80. The van der Waals surface area contributed by atoms with E-state index >= 15 is 0 Å². The predicted molar refractivity (Wildman–Crippen MR) is 73.2 cm³/mol. The summed E-state index contributed by atoms with van der Waals surface area (Å²) in [4.78, 5) is 3.56. The van der Waals surface area contributed by atoms with Gasteiger partial charge in [0, 0.05) is 11.2 Å². The van der Waals surface area contributed by atoms with Gasteiger partial charge >= 0.3 is 0 Å². The molecular weight excluding hydrogens is 206 g/mol. The van der Waals surface area contributed by atoms with Crippen LogP contribution in [-0.4, -0.2) is 4.98 Å². The van der Waals surface area contributed by atoms with Crippen LogP contribution < -0.4 is 0 Å². The summed E-state index contributed by atoms with van der Waals surface area (Å²) < 4.78 is 0. The Bertz CT molecular complexity index is 442. The van der Waals surface area contributed by atoms with Crippen molar-refractivity contribution in [2.45, 2.75) is 44.9 Å². The van der Waals surface area contributed by atoms with Crippen molar-refractivity contribution in [3.8, 4) is 0 Å². The summed E-state index contributed by atoms with van der Waals surface area (Å²) >= 11 is 0. The molecular formula is C16H21N. The Kier molecular flexibility index (Phi) is 3.17. The molecule has 0 spiro atoms. The van der Waals surface area contributed by atoms with Gasteiger partial charge in [-0.3, -0.25) is 0 Å². The number of rotatable bonds is 2. The number of aromatic amines is 1. The summed E-state index contributed by atoms with van der Waals surface area (Å²) in [6, 6.07) is 10.9. The van der Waals surface area contributed by atoms with Crippen LogP contribution in [0.1, 0.15) is 44.2 Å². The van der Waals surface area contributed by atoms with Crippen LogP contribution in [-0.2, 0) is 6.42 Å². The number of benzene rings is 1. The van der Waals surface area contributed by atoms with E-state index in [1.54, 1.807) is 0 Å². The topological polar surface area (TPSA) is 15.8 Å². The Morgan fingerprint density at radius 3 is 2.53 bits per heavy atom. The van der Waals surface area contributed by atoms with Gasteiger partial charge in [0.15, 0.2) is 0 Å². The van der Waals surface area contributed by atoms with Crippen LogP contribution in [0.2, 0.25) is 0 Å². The lowest BCUT2D eigenvalue weighted by Gasteiger charge is -2.12. The highest BCUT2D eigenvalue weighted by Gasteiger charge is 2.13. The van der Waals surface area contributed by atoms with E-state index in [4.69, 9.17) is 0 Å². The minimum atomic E-state index is 0.908. The third kappa shape index (κ3) is 2.54. The van der Waals surface area contributed by atoms with E-state index < -0.39 is 0 Å². The zero-order valence-electron chi connectivity index (χ0n) is 10.4. The van der Waals surface area contributed by atoms with Crippen molar-refractivity contribution in [1.29, 1.82) is 0 Å². The van der Waals surface area contributed by atoms with Crippen LogP contribution in [0, 0.1) is 5.92 Å². The quantitative estimate of drug-likeness (QED) is 0.717. The summed E-state index contributed by atoms with van der Waals surface area (Å²) in [6.07, 6.45) is 9.86. The second kappa shape index (κ2) is 4.95. The fourth-order valence-corrected chi connectivity index (χ4v) is 3.12. The Morgan fingerprint density at radius 2 is 1.76 bits per heavy atom. The van der Waals surface area contributed by atoms with Crippen LogP contribution in [0.25, 0.3) is 10.9 Å². The molecule has 1 aromatic carbocycles. The van der Waals surface area contributed by atoms with Crippen molar-refractivity contribution in [3.05, 3.63) is 36.0 Å². The Hall–Kier alpha value is -1.24. The van der Waals surface area contributed by atoms with Gasteiger partial charge in [0.25, 0.3) is 0 Å². The Balaban J connectivity index is 1.75. The summed E-state index contributed by atoms with van der Waals surface area (Å²) in [5.74, 6) is 0.908. The molecule has 1 heterocycles. The number of nitrogens with one attached hydrogen (secondary N) is 1. The van der Waals surface area contributed by atoms with Crippen LogP contribution >= 0.6 is 0 Å². The second-order valence-corrected chi connectivity index (χ2v) is 5.44. The summed E-state index contributed by atoms with van der Waals surface area (Å²) in [7, 11) is 0. The smallest absolute Gasteiger partial charge is 0.0456 e. The largest absolute Gasteiger partial charge is 0.358 e. The van der Waals surface area contributed by atoms with Gasteiger partial charge in [-0.25, -0.2) is 0 Å². The van der Waals surface area contributed by atoms with E-state index in [2.05, 4.69) is 35.3 Å². The zero-order chi connectivity index (χ0) is 11.5. The molecule has 0 saturated heterocycles. The van der Waals surface area contributed by atoms with Crippen LogP contribution in [0.4, 0.5) is 0 Å². The van der Waals surface area contributed by atoms with Crippen molar-refractivity contribution < 1.29 is 0 Å². The average Bonchev–Trinajstić information content (AvgIpc) is 2.57. The molecule has 1 N–H and O–H groups in total. The molecule has 1 saturated carbocycles. The lowest BCUT2D eigenvalue weighted by Crippen LogP contribution is -2.03. The van der Waals surface area contributed by atoms with Crippen molar-refractivity contribution >= 4 is 10.9 Å². The van der Waals surface area contributed by atoms with Crippen LogP contribution in [0.5, 0.6) is 0 Å². The number of fused-ring (bicyclic) bond motifs is 1. The van der Waals surface area contributed by atoms with E-state index in [0.29, 0.717) is 0 Å². The molecule has 90 valence electrons. The summed E-state index contributed by atoms with van der Waals surface area (Å²) in [6.45, 7) is 0. The number of aromatic nitrogens is 1. The van der Waals surface area contributed by atoms with Gasteiger partial charge in [0.1, 0.15) is 0 Å². The number of hydrogen-bond donors (Lipinski definition) is 1. The molecule has 1 heteroatoms. The van der Waals surface area contributed by atoms with Crippen molar-refractivity contribution in [2.75, 3.05) is 0 Å². The molecule has 17 heavy (non-hydrogen) atoms. The molecule has 1 aliphatic rings. The first-order valence-electron chi connectivity index (χ1n) is 6.98.